The van der Waals surface area contributed by atoms with Crippen LogP contribution in [0.2, 0.25) is 0 Å². The van der Waals surface area contributed by atoms with Gasteiger partial charge in [0, 0.05) is 38.2 Å². The van der Waals surface area contributed by atoms with Gasteiger partial charge in [-0.15, -0.1) is 0 Å². The Morgan fingerprint density at radius 3 is 1.49 bits per heavy atom. The highest BCUT2D eigenvalue weighted by atomic mass is 15.0. The third-order valence-electron chi connectivity index (χ3n) is 10.6. The zero-order chi connectivity index (χ0) is 34.9. The van der Waals surface area contributed by atoms with Crippen LogP contribution >= 0.6 is 0 Å². The molecule has 11 aromatic rings. The molecule has 0 aliphatic rings. The Balaban J connectivity index is 1.07. The average molecular weight is 675 g/mol. The van der Waals surface area contributed by atoms with Gasteiger partial charge in [-0.05, 0) is 57.3 Å². The number of nitrogens with zero attached hydrogens (tertiary/aromatic N) is 4. The van der Waals surface area contributed by atoms with Crippen LogP contribution in [0.4, 0.5) is 0 Å². The molecule has 0 spiro atoms. The fourth-order valence-electron chi connectivity index (χ4n) is 8.05. The Bertz CT molecular complexity index is 3090. The Kier molecular flexibility index (Phi) is 6.52. The van der Waals surface area contributed by atoms with E-state index in [1.165, 1.54) is 54.6 Å². The summed E-state index contributed by atoms with van der Waals surface area (Å²) in [5, 5.41) is 7.47. The summed E-state index contributed by atoms with van der Waals surface area (Å²) in [4.78, 5) is 15.2. The quantitative estimate of drug-likeness (QED) is 0.182. The SMILES string of the molecule is c1ccc(-c2nc(-c3ccccc3)nc(-c3cc4ccccc4cc3-c3ccc(-c4ccc5c6cccc7c8ccccc8n(c5c4)c76)cc3)n2)cc1. The predicted octanol–water partition coefficient (Wildman–Crippen LogP) is 12.5. The molecule has 0 aliphatic carbocycles. The van der Waals surface area contributed by atoms with E-state index in [-0.39, 0.29) is 0 Å². The zero-order valence-electron chi connectivity index (χ0n) is 28.6. The van der Waals surface area contributed by atoms with Crippen LogP contribution in [0.3, 0.4) is 0 Å². The molecule has 4 heteroatoms. The molecule has 0 saturated carbocycles. The highest BCUT2D eigenvalue weighted by molar-refractivity contribution is 6.23. The van der Waals surface area contributed by atoms with Crippen molar-refractivity contribution in [3.05, 3.63) is 182 Å². The van der Waals surface area contributed by atoms with Gasteiger partial charge in [0.15, 0.2) is 17.5 Å². The van der Waals surface area contributed by atoms with Crippen LogP contribution in [0, 0.1) is 0 Å². The fraction of sp³-hybridized carbons (Fsp3) is 0. The zero-order valence-corrected chi connectivity index (χ0v) is 28.6. The van der Waals surface area contributed by atoms with E-state index in [2.05, 4.69) is 126 Å². The average Bonchev–Trinajstić information content (AvgIpc) is 3.76. The molecule has 0 fully saturated rings. The van der Waals surface area contributed by atoms with Gasteiger partial charge in [0.25, 0.3) is 0 Å². The van der Waals surface area contributed by atoms with Gasteiger partial charge in [-0.3, -0.25) is 0 Å². The number of aromatic nitrogens is 4. The molecule has 0 unspecified atom stereocenters. The van der Waals surface area contributed by atoms with Crippen molar-refractivity contribution in [1.82, 2.24) is 19.4 Å². The van der Waals surface area contributed by atoms with Crippen LogP contribution in [0.25, 0.3) is 105 Å². The van der Waals surface area contributed by atoms with Gasteiger partial charge in [0.05, 0.1) is 16.6 Å². The summed E-state index contributed by atoms with van der Waals surface area (Å²) in [5.74, 6) is 1.94. The molecule has 4 nitrogen and oxygen atoms in total. The largest absolute Gasteiger partial charge is 0.308 e. The second-order valence-corrected chi connectivity index (χ2v) is 13.6. The highest BCUT2D eigenvalue weighted by Crippen LogP contribution is 2.41. The van der Waals surface area contributed by atoms with Crippen LogP contribution in [0.15, 0.2) is 182 Å². The van der Waals surface area contributed by atoms with E-state index in [4.69, 9.17) is 15.0 Å². The third-order valence-corrected chi connectivity index (χ3v) is 10.6. The number of rotatable bonds is 5. The van der Waals surface area contributed by atoms with E-state index in [0.717, 1.165) is 33.2 Å². The first kappa shape index (κ1) is 29.5. The fourth-order valence-corrected chi connectivity index (χ4v) is 8.05. The summed E-state index contributed by atoms with van der Waals surface area (Å²) in [5.41, 5.74) is 11.2. The lowest BCUT2D eigenvalue weighted by molar-refractivity contribution is 1.07. The van der Waals surface area contributed by atoms with Crippen molar-refractivity contribution in [2.45, 2.75) is 0 Å². The van der Waals surface area contributed by atoms with E-state index in [9.17, 15) is 0 Å². The van der Waals surface area contributed by atoms with Crippen molar-refractivity contribution in [3.63, 3.8) is 0 Å². The maximum absolute atomic E-state index is 5.12. The molecule has 0 amide bonds. The Hall–Kier alpha value is -7.17. The van der Waals surface area contributed by atoms with Gasteiger partial charge >= 0.3 is 0 Å². The minimum Gasteiger partial charge on any atom is -0.308 e. The molecule has 3 aromatic heterocycles. The van der Waals surface area contributed by atoms with Crippen molar-refractivity contribution in [2.75, 3.05) is 0 Å². The molecule has 0 N–H and O–H groups in total. The lowest BCUT2D eigenvalue weighted by Crippen LogP contribution is -2.01. The van der Waals surface area contributed by atoms with Gasteiger partial charge in [0.1, 0.15) is 0 Å². The Morgan fingerprint density at radius 1 is 0.302 bits per heavy atom. The Morgan fingerprint density at radius 2 is 0.811 bits per heavy atom. The van der Waals surface area contributed by atoms with Gasteiger partial charge in [-0.25, -0.2) is 15.0 Å². The second kappa shape index (κ2) is 11.7. The standard InChI is InChI=1S/C49H30N4/c1-3-12-33(13-4-1)47-50-48(34-14-5-2-6-15-34)52-49(51-47)43-29-36-17-8-7-16-35(36)28-42(43)32-24-22-31(23-25-32)37-26-27-39-41-20-11-19-40-38-18-9-10-21-44(38)53(46(40)41)45(39)30-37/h1-30H. The molecule has 8 aromatic carbocycles. The van der Waals surface area contributed by atoms with E-state index in [0.29, 0.717) is 17.5 Å². The summed E-state index contributed by atoms with van der Waals surface area (Å²) >= 11 is 0. The van der Waals surface area contributed by atoms with Gasteiger partial charge in [-0.2, -0.15) is 0 Å². The molecule has 53 heavy (non-hydrogen) atoms. The molecule has 3 heterocycles. The number of fused-ring (bicyclic) bond motifs is 7. The van der Waals surface area contributed by atoms with Crippen LogP contribution in [-0.2, 0) is 0 Å². The molecule has 11 rings (SSSR count). The second-order valence-electron chi connectivity index (χ2n) is 13.6. The summed E-state index contributed by atoms with van der Waals surface area (Å²) in [7, 11) is 0. The predicted molar refractivity (Wildman–Crippen MR) is 219 cm³/mol. The number of benzene rings is 8. The third kappa shape index (κ3) is 4.73. The molecule has 246 valence electrons. The molecule has 0 saturated heterocycles. The first-order valence-electron chi connectivity index (χ1n) is 17.9. The lowest BCUT2D eigenvalue weighted by Gasteiger charge is -2.14. The summed E-state index contributed by atoms with van der Waals surface area (Å²) in [6, 6.07) is 64.5. The van der Waals surface area contributed by atoms with Crippen molar-refractivity contribution in [1.29, 1.82) is 0 Å². The van der Waals surface area contributed by atoms with Gasteiger partial charge in [0.2, 0.25) is 0 Å². The minimum absolute atomic E-state index is 0.644. The van der Waals surface area contributed by atoms with Crippen molar-refractivity contribution >= 4 is 48.9 Å². The number of hydrogen-bond acceptors (Lipinski definition) is 3. The van der Waals surface area contributed by atoms with Crippen LogP contribution in [0.1, 0.15) is 0 Å². The molecular weight excluding hydrogens is 645 g/mol. The summed E-state index contributed by atoms with van der Waals surface area (Å²) in [6.07, 6.45) is 0. The van der Waals surface area contributed by atoms with E-state index >= 15 is 0 Å². The molecule has 0 bridgehead atoms. The monoisotopic (exact) mass is 674 g/mol. The van der Waals surface area contributed by atoms with Crippen molar-refractivity contribution in [3.8, 4) is 56.4 Å². The normalized spacial score (nSPS) is 11.8. The first-order valence-corrected chi connectivity index (χ1v) is 17.9. The smallest absolute Gasteiger partial charge is 0.164 e. The topological polar surface area (TPSA) is 43.1 Å². The summed E-state index contributed by atoms with van der Waals surface area (Å²) < 4.78 is 2.44. The van der Waals surface area contributed by atoms with Gasteiger partial charge < -0.3 is 4.40 Å². The maximum atomic E-state index is 5.12. The van der Waals surface area contributed by atoms with Crippen LogP contribution in [-0.4, -0.2) is 19.4 Å². The van der Waals surface area contributed by atoms with E-state index in [1.54, 1.807) is 0 Å². The first-order chi connectivity index (χ1) is 26.3. The molecule has 0 aliphatic heterocycles. The van der Waals surface area contributed by atoms with E-state index < -0.39 is 0 Å². The lowest BCUT2D eigenvalue weighted by atomic mass is 9.93. The van der Waals surface area contributed by atoms with Gasteiger partial charge in [-0.1, -0.05) is 158 Å². The minimum atomic E-state index is 0.644. The van der Waals surface area contributed by atoms with Crippen LogP contribution < -0.4 is 0 Å². The Labute approximate surface area is 305 Å². The van der Waals surface area contributed by atoms with Crippen molar-refractivity contribution in [2.24, 2.45) is 0 Å². The molecule has 0 radical (unpaired) electrons. The number of para-hydroxylation sites is 2. The molecular formula is C49H30N4. The maximum Gasteiger partial charge on any atom is 0.164 e. The van der Waals surface area contributed by atoms with E-state index in [1.807, 2.05) is 60.7 Å². The van der Waals surface area contributed by atoms with Crippen molar-refractivity contribution < 1.29 is 0 Å². The number of hydrogen-bond donors (Lipinski definition) is 0. The highest BCUT2D eigenvalue weighted by Gasteiger charge is 2.19. The molecule has 0 atom stereocenters. The van der Waals surface area contributed by atoms with Crippen LogP contribution in [0.5, 0.6) is 0 Å². The summed E-state index contributed by atoms with van der Waals surface area (Å²) in [6.45, 7) is 0.